The molecule has 1 aromatic heterocycles. The van der Waals surface area contributed by atoms with Crippen molar-refractivity contribution in [2.24, 2.45) is 4.99 Å². The fraction of sp³-hybridized carbons (Fsp3) is 0.250. The lowest BCUT2D eigenvalue weighted by Crippen LogP contribution is -2.39. The number of nitrogens with zero attached hydrogens (tertiary/aromatic N) is 2. The number of halogens is 2. The molecule has 0 amide bonds. The molecule has 0 spiro atoms. The lowest BCUT2D eigenvalue weighted by Gasteiger charge is -2.24. The van der Waals surface area contributed by atoms with Crippen molar-refractivity contribution < 1.29 is 19.0 Å². The van der Waals surface area contributed by atoms with Gasteiger partial charge in [-0.05, 0) is 94.1 Å². The van der Waals surface area contributed by atoms with E-state index in [2.05, 4.69) is 43.4 Å². The predicted octanol–water partition coefficient (Wildman–Crippen LogP) is 5.29. The van der Waals surface area contributed by atoms with E-state index in [1.165, 1.54) is 11.3 Å². The summed E-state index contributed by atoms with van der Waals surface area (Å²) in [5.41, 5.74) is 2.15. The number of benzene rings is 2. The zero-order valence-electron chi connectivity index (χ0n) is 21.1. The highest BCUT2D eigenvalue weighted by atomic mass is 79.9. The largest absolute Gasteiger partial charge is 0.494 e. The van der Waals surface area contributed by atoms with Crippen molar-refractivity contribution in [3.63, 3.8) is 0 Å². The van der Waals surface area contributed by atoms with Crippen LogP contribution in [0, 0.1) is 0 Å². The molecule has 1 atom stereocenters. The Labute approximate surface area is 241 Å². The number of allylic oxidation sites excluding steroid dienone is 1. The lowest BCUT2D eigenvalue weighted by molar-refractivity contribution is -0.139. The summed E-state index contributed by atoms with van der Waals surface area (Å²) in [4.78, 5) is 32.0. The third-order valence-electron chi connectivity index (χ3n) is 5.69. The Bertz CT molecular complexity index is 1570. The Morgan fingerprint density at radius 2 is 1.82 bits per heavy atom. The van der Waals surface area contributed by atoms with Gasteiger partial charge in [-0.1, -0.05) is 36.1 Å². The molecule has 0 unspecified atom stereocenters. The van der Waals surface area contributed by atoms with Gasteiger partial charge in [0.1, 0.15) is 18.1 Å². The number of aromatic nitrogens is 1. The van der Waals surface area contributed by atoms with E-state index in [-0.39, 0.29) is 12.2 Å². The Morgan fingerprint density at radius 3 is 2.42 bits per heavy atom. The van der Waals surface area contributed by atoms with Gasteiger partial charge in [0, 0.05) is 0 Å². The molecule has 38 heavy (non-hydrogen) atoms. The van der Waals surface area contributed by atoms with Crippen LogP contribution in [0.2, 0.25) is 0 Å². The van der Waals surface area contributed by atoms with Crippen LogP contribution >= 0.6 is 43.2 Å². The first kappa shape index (κ1) is 28.1. The molecule has 4 rings (SSSR count). The molecule has 2 heterocycles. The molecule has 1 aliphatic heterocycles. The van der Waals surface area contributed by atoms with Crippen LogP contribution in [0.4, 0.5) is 0 Å². The molecular weight excluding hydrogens is 636 g/mol. The molecule has 1 aliphatic rings. The number of fused-ring (bicyclic) bond motifs is 1. The van der Waals surface area contributed by atoms with E-state index in [9.17, 15) is 9.59 Å². The highest BCUT2D eigenvalue weighted by Gasteiger charge is 2.33. The van der Waals surface area contributed by atoms with Crippen LogP contribution in [-0.4, -0.2) is 30.4 Å². The maximum Gasteiger partial charge on any atom is 0.338 e. The number of hydrogen-bond acceptors (Lipinski definition) is 7. The van der Waals surface area contributed by atoms with Crippen LogP contribution in [0.5, 0.6) is 11.5 Å². The summed E-state index contributed by atoms with van der Waals surface area (Å²) in [5, 5.41) is 0. The average Bonchev–Trinajstić information content (AvgIpc) is 3.17. The van der Waals surface area contributed by atoms with Crippen molar-refractivity contribution in [1.29, 1.82) is 0 Å². The van der Waals surface area contributed by atoms with Crippen LogP contribution in [0.25, 0.3) is 6.08 Å². The maximum absolute atomic E-state index is 13.8. The van der Waals surface area contributed by atoms with Gasteiger partial charge >= 0.3 is 5.97 Å². The number of ether oxygens (including phenoxy) is 3. The average molecular weight is 662 g/mol. The summed E-state index contributed by atoms with van der Waals surface area (Å²) >= 11 is 8.36. The molecule has 0 aliphatic carbocycles. The quantitative estimate of drug-likeness (QED) is 0.230. The zero-order valence-corrected chi connectivity index (χ0v) is 25.1. The molecule has 3 aromatic rings. The van der Waals surface area contributed by atoms with Crippen molar-refractivity contribution in [3.8, 4) is 11.5 Å². The van der Waals surface area contributed by atoms with Crippen LogP contribution in [0.1, 0.15) is 37.9 Å². The van der Waals surface area contributed by atoms with Gasteiger partial charge in [-0.3, -0.25) is 9.36 Å². The van der Waals surface area contributed by atoms with Crippen molar-refractivity contribution in [2.75, 3.05) is 19.8 Å². The molecule has 0 radical (unpaired) electrons. The minimum Gasteiger partial charge on any atom is -0.494 e. The van der Waals surface area contributed by atoms with E-state index in [4.69, 9.17) is 14.2 Å². The Morgan fingerprint density at radius 1 is 1.13 bits per heavy atom. The van der Waals surface area contributed by atoms with Gasteiger partial charge in [-0.2, -0.15) is 0 Å². The van der Waals surface area contributed by atoms with Crippen LogP contribution in [0.15, 0.2) is 79.1 Å². The van der Waals surface area contributed by atoms with Crippen molar-refractivity contribution >= 4 is 55.2 Å². The molecule has 0 bridgehead atoms. The summed E-state index contributed by atoms with van der Waals surface area (Å²) in [6, 6.07) is 10.5. The van der Waals surface area contributed by atoms with Crippen molar-refractivity contribution in [3.05, 3.63) is 100 Å². The maximum atomic E-state index is 13.8. The van der Waals surface area contributed by atoms with E-state index in [0.29, 0.717) is 45.3 Å². The smallest absolute Gasteiger partial charge is 0.338 e. The third kappa shape index (κ3) is 5.72. The summed E-state index contributed by atoms with van der Waals surface area (Å²) in [6.45, 7) is 10.2. The molecule has 0 saturated carbocycles. The molecule has 7 nitrogen and oxygen atoms in total. The number of carbonyl (C=O) groups is 1. The first-order valence-electron chi connectivity index (χ1n) is 11.9. The second kappa shape index (κ2) is 12.3. The summed E-state index contributed by atoms with van der Waals surface area (Å²) < 4.78 is 20.2. The van der Waals surface area contributed by atoms with Gasteiger partial charge in [0.05, 0.1) is 44.0 Å². The van der Waals surface area contributed by atoms with Crippen molar-refractivity contribution in [1.82, 2.24) is 4.57 Å². The minimum atomic E-state index is -0.684. The third-order valence-corrected chi connectivity index (χ3v) is 7.85. The summed E-state index contributed by atoms with van der Waals surface area (Å²) in [6.07, 6.45) is 3.47. The SMILES string of the molecule is C=CCOc1c(Br)cc(/C=c2\sc3n(c2=O)[C@@H](c2ccc(OCC)cc2)C(C(=O)OCC)=C(C)N=3)cc1Br. The number of thiazole rings is 1. The molecule has 0 fully saturated rings. The standard InChI is InChI=1S/C28H26Br2N2O5S/c1-5-12-37-25-20(29)13-17(14-21(25)30)15-22-26(33)32-24(18-8-10-19(11-9-18)35-6-2)23(27(34)36-7-3)16(4)31-28(32)38-22/h5,8-11,13-15,24H,1,6-7,12H2,2-4H3/b22-15-/t24-/m0/s1. The van der Waals surface area contributed by atoms with Gasteiger partial charge in [0.2, 0.25) is 0 Å². The number of hydrogen-bond donors (Lipinski definition) is 0. The van der Waals surface area contributed by atoms with Gasteiger partial charge in [-0.15, -0.1) is 0 Å². The molecular formula is C28H26Br2N2O5S. The first-order chi connectivity index (χ1) is 18.3. The van der Waals surface area contributed by atoms with E-state index in [1.807, 2.05) is 43.3 Å². The molecule has 0 N–H and O–H groups in total. The van der Waals surface area contributed by atoms with E-state index in [0.717, 1.165) is 20.1 Å². The fourth-order valence-electron chi connectivity index (χ4n) is 4.11. The number of carbonyl (C=O) groups excluding carboxylic acids is 1. The normalized spacial score (nSPS) is 15.1. The van der Waals surface area contributed by atoms with Crippen molar-refractivity contribution in [2.45, 2.75) is 26.8 Å². The van der Waals surface area contributed by atoms with Gasteiger partial charge < -0.3 is 14.2 Å². The Kier molecular flexibility index (Phi) is 9.07. The lowest BCUT2D eigenvalue weighted by atomic mass is 9.96. The van der Waals surface area contributed by atoms with E-state index in [1.54, 1.807) is 30.6 Å². The second-order valence-corrected chi connectivity index (χ2v) is 10.9. The molecule has 10 heteroatoms. The van der Waals surface area contributed by atoms with Gasteiger partial charge in [0.15, 0.2) is 4.80 Å². The highest BCUT2D eigenvalue weighted by molar-refractivity contribution is 9.11. The van der Waals surface area contributed by atoms with E-state index < -0.39 is 12.0 Å². The van der Waals surface area contributed by atoms with E-state index >= 15 is 0 Å². The van der Waals surface area contributed by atoms with Crippen LogP contribution < -0.4 is 24.4 Å². The Hall–Kier alpha value is -2.95. The Balaban J connectivity index is 1.87. The first-order valence-corrected chi connectivity index (χ1v) is 14.3. The second-order valence-electron chi connectivity index (χ2n) is 8.22. The fourth-order valence-corrected chi connectivity index (χ4v) is 6.61. The molecule has 2 aromatic carbocycles. The summed E-state index contributed by atoms with van der Waals surface area (Å²) in [5.74, 6) is 0.859. The zero-order chi connectivity index (χ0) is 27.4. The van der Waals surface area contributed by atoms with Crippen LogP contribution in [0.3, 0.4) is 0 Å². The highest BCUT2D eigenvalue weighted by Crippen LogP contribution is 2.35. The van der Waals surface area contributed by atoms with Crippen LogP contribution in [-0.2, 0) is 9.53 Å². The topological polar surface area (TPSA) is 79.1 Å². The summed E-state index contributed by atoms with van der Waals surface area (Å²) in [7, 11) is 0. The predicted molar refractivity (Wildman–Crippen MR) is 156 cm³/mol. The molecule has 198 valence electrons. The van der Waals surface area contributed by atoms with Gasteiger partial charge in [0.25, 0.3) is 5.56 Å². The van der Waals surface area contributed by atoms with Gasteiger partial charge in [-0.25, -0.2) is 9.79 Å². The monoisotopic (exact) mass is 660 g/mol. The number of rotatable bonds is 9. The molecule has 0 saturated heterocycles. The minimum absolute atomic E-state index is 0.215. The number of esters is 1.